The lowest BCUT2D eigenvalue weighted by atomic mass is 10.2. The van der Waals surface area contributed by atoms with Crippen LogP contribution in [0.2, 0.25) is 0 Å². The number of rotatable bonds is 2. The highest BCUT2D eigenvalue weighted by atomic mass is 19.4. The third kappa shape index (κ3) is 2.45. The van der Waals surface area contributed by atoms with Crippen molar-refractivity contribution in [1.29, 1.82) is 0 Å². The van der Waals surface area contributed by atoms with Gasteiger partial charge in [0.2, 0.25) is 0 Å². The quantitative estimate of drug-likeness (QED) is 0.732. The molecule has 0 bridgehead atoms. The van der Waals surface area contributed by atoms with Crippen LogP contribution in [0.5, 0.6) is 0 Å². The molecule has 0 amide bonds. The Morgan fingerprint density at radius 2 is 1.90 bits per heavy atom. The van der Waals surface area contributed by atoms with Gasteiger partial charge < -0.3 is 10.3 Å². The van der Waals surface area contributed by atoms with E-state index in [-0.39, 0.29) is 0 Å². The maximum Gasteiger partial charge on any atom is 0.417 e. The van der Waals surface area contributed by atoms with Crippen molar-refractivity contribution >= 4 is 22.4 Å². The lowest BCUT2D eigenvalue weighted by Gasteiger charge is -2.08. The second-order valence-corrected chi connectivity index (χ2v) is 4.33. The van der Waals surface area contributed by atoms with Crippen molar-refractivity contribution in [3.05, 3.63) is 54.4 Å². The Labute approximate surface area is 112 Å². The largest absolute Gasteiger partial charge is 0.417 e. The molecule has 2 heterocycles. The fraction of sp³-hybridized carbons (Fsp3) is 0.0714. The number of hydrogen-bond donors (Lipinski definition) is 2. The van der Waals surface area contributed by atoms with Crippen LogP contribution in [0.15, 0.2) is 48.8 Å². The van der Waals surface area contributed by atoms with Gasteiger partial charge in [0, 0.05) is 29.0 Å². The van der Waals surface area contributed by atoms with Gasteiger partial charge in [0.15, 0.2) is 0 Å². The van der Waals surface area contributed by atoms with E-state index >= 15 is 0 Å². The van der Waals surface area contributed by atoms with E-state index < -0.39 is 11.7 Å². The predicted octanol–water partition coefficient (Wildman–Crippen LogP) is 4.33. The second kappa shape index (κ2) is 4.56. The average Bonchev–Trinajstić information content (AvgIpc) is 2.86. The van der Waals surface area contributed by atoms with Crippen LogP contribution in [0.4, 0.5) is 24.7 Å². The number of aromatic amines is 1. The van der Waals surface area contributed by atoms with Gasteiger partial charge in [0.25, 0.3) is 0 Å². The van der Waals surface area contributed by atoms with Crippen LogP contribution in [0.25, 0.3) is 10.9 Å². The van der Waals surface area contributed by atoms with Crippen molar-refractivity contribution in [1.82, 2.24) is 9.97 Å². The molecule has 0 aliphatic rings. The molecule has 20 heavy (non-hydrogen) atoms. The summed E-state index contributed by atoms with van der Waals surface area (Å²) in [6.07, 6.45) is -1.72. The fourth-order valence-electron chi connectivity index (χ4n) is 1.91. The summed E-state index contributed by atoms with van der Waals surface area (Å²) in [5.74, 6) is 0.368. The van der Waals surface area contributed by atoms with Crippen molar-refractivity contribution in [2.24, 2.45) is 0 Å². The molecule has 0 fully saturated rings. The third-order valence-corrected chi connectivity index (χ3v) is 2.92. The van der Waals surface area contributed by atoms with Crippen LogP contribution < -0.4 is 5.32 Å². The fourth-order valence-corrected chi connectivity index (χ4v) is 1.91. The summed E-state index contributed by atoms with van der Waals surface area (Å²) >= 11 is 0. The lowest BCUT2D eigenvalue weighted by Crippen LogP contribution is -2.05. The molecule has 102 valence electrons. The number of anilines is 2. The highest BCUT2D eigenvalue weighted by Crippen LogP contribution is 2.29. The second-order valence-electron chi connectivity index (χ2n) is 4.33. The van der Waals surface area contributed by atoms with Crippen molar-refractivity contribution in [3.8, 4) is 0 Å². The number of aromatic nitrogens is 2. The molecule has 0 saturated carbocycles. The molecule has 0 aliphatic carbocycles. The first-order valence-corrected chi connectivity index (χ1v) is 5.90. The van der Waals surface area contributed by atoms with Crippen molar-refractivity contribution < 1.29 is 13.2 Å². The highest BCUT2D eigenvalue weighted by molar-refractivity contribution is 5.83. The smallest absolute Gasteiger partial charge is 0.361 e. The van der Waals surface area contributed by atoms with E-state index in [0.29, 0.717) is 5.82 Å². The third-order valence-electron chi connectivity index (χ3n) is 2.92. The first kappa shape index (κ1) is 12.5. The number of benzene rings is 1. The minimum Gasteiger partial charge on any atom is -0.361 e. The molecule has 0 spiro atoms. The number of pyridine rings is 1. The number of fused-ring (bicyclic) bond motifs is 1. The molecule has 6 heteroatoms. The van der Waals surface area contributed by atoms with Crippen LogP contribution in [0, 0.1) is 0 Å². The van der Waals surface area contributed by atoms with Gasteiger partial charge in [0.1, 0.15) is 5.82 Å². The summed E-state index contributed by atoms with van der Waals surface area (Å²) in [6, 6.07) is 9.85. The topological polar surface area (TPSA) is 40.7 Å². The van der Waals surface area contributed by atoms with Crippen LogP contribution in [-0.4, -0.2) is 9.97 Å². The van der Waals surface area contributed by atoms with Gasteiger partial charge in [-0.15, -0.1) is 0 Å². The minimum atomic E-state index is -4.37. The maximum absolute atomic E-state index is 12.4. The zero-order valence-corrected chi connectivity index (χ0v) is 10.2. The summed E-state index contributed by atoms with van der Waals surface area (Å²) in [6.45, 7) is 0. The molecule has 3 nitrogen and oxygen atoms in total. The van der Waals surface area contributed by atoms with Gasteiger partial charge in [-0.2, -0.15) is 13.2 Å². The molecule has 0 radical (unpaired) electrons. The molecule has 1 aromatic carbocycles. The van der Waals surface area contributed by atoms with Gasteiger partial charge in [-0.1, -0.05) is 0 Å². The standard InChI is InChI=1S/C14H10F3N3/c15-14(16,17)10-1-4-13(19-8-10)20-11-2-3-12-9(7-11)5-6-18-12/h1-8,18H,(H,19,20). The van der Waals surface area contributed by atoms with Crippen molar-refractivity contribution in [3.63, 3.8) is 0 Å². The number of alkyl halides is 3. The highest BCUT2D eigenvalue weighted by Gasteiger charge is 2.30. The number of nitrogens with zero attached hydrogens (tertiary/aromatic N) is 1. The van der Waals surface area contributed by atoms with Gasteiger partial charge in [-0.25, -0.2) is 4.98 Å². The Morgan fingerprint density at radius 1 is 1.05 bits per heavy atom. The number of halogens is 3. The molecule has 3 aromatic rings. The van der Waals surface area contributed by atoms with E-state index in [1.807, 2.05) is 30.5 Å². The molecular formula is C14H10F3N3. The first-order valence-electron chi connectivity index (χ1n) is 5.90. The zero-order chi connectivity index (χ0) is 14.2. The lowest BCUT2D eigenvalue weighted by molar-refractivity contribution is -0.137. The Kier molecular flexibility index (Phi) is 2.85. The molecular weight excluding hydrogens is 267 g/mol. The molecule has 3 rings (SSSR count). The van der Waals surface area contributed by atoms with E-state index in [4.69, 9.17) is 0 Å². The number of H-pyrrole nitrogens is 1. The van der Waals surface area contributed by atoms with Crippen LogP contribution in [0.3, 0.4) is 0 Å². The normalized spacial score (nSPS) is 11.8. The monoisotopic (exact) mass is 277 g/mol. The minimum absolute atomic E-state index is 0.368. The summed E-state index contributed by atoms with van der Waals surface area (Å²) in [4.78, 5) is 6.84. The van der Waals surface area contributed by atoms with Crippen LogP contribution in [0.1, 0.15) is 5.56 Å². The predicted molar refractivity (Wildman–Crippen MR) is 70.8 cm³/mol. The van der Waals surface area contributed by atoms with Crippen molar-refractivity contribution in [2.45, 2.75) is 6.18 Å². The van der Waals surface area contributed by atoms with E-state index in [1.165, 1.54) is 6.07 Å². The van der Waals surface area contributed by atoms with Crippen molar-refractivity contribution in [2.75, 3.05) is 5.32 Å². The van der Waals surface area contributed by atoms with E-state index in [2.05, 4.69) is 15.3 Å². The Morgan fingerprint density at radius 3 is 2.60 bits per heavy atom. The molecule has 0 aliphatic heterocycles. The summed E-state index contributed by atoms with van der Waals surface area (Å²) in [7, 11) is 0. The Hall–Kier alpha value is -2.50. The number of hydrogen-bond acceptors (Lipinski definition) is 2. The van der Waals surface area contributed by atoms with Gasteiger partial charge in [0.05, 0.1) is 5.56 Å². The molecule has 2 aromatic heterocycles. The summed E-state index contributed by atoms with van der Waals surface area (Å²) < 4.78 is 37.3. The summed E-state index contributed by atoms with van der Waals surface area (Å²) in [5.41, 5.74) is 1.00. The SMILES string of the molecule is FC(F)(F)c1ccc(Nc2ccc3[nH]ccc3c2)nc1. The number of nitrogens with one attached hydrogen (secondary N) is 2. The van der Waals surface area contributed by atoms with Crippen LogP contribution >= 0.6 is 0 Å². The van der Waals surface area contributed by atoms with Gasteiger partial charge in [-0.05, 0) is 36.4 Å². The molecule has 0 saturated heterocycles. The van der Waals surface area contributed by atoms with E-state index in [1.54, 1.807) is 0 Å². The van der Waals surface area contributed by atoms with Gasteiger partial charge >= 0.3 is 6.18 Å². The van der Waals surface area contributed by atoms with E-state index in [0.717, 1.165) is 28.9 Å². The van der Waals surface area contributed by atoms with E-state index in [9.17, 15) is 13.2 Å². The molecule has 0 atom stereocenters. The average molecular weight is 277 g/mol. The Bertz CT molecular complexity index is 729. The van der Waals surface area contributed by atoms with Crippen LogP contribution in [-0.2, 0) is 6.18 Å². The summed E-state index contributed by atoms with van der Waals surface area (Å²) in [5, 5.41) is 3.99. The zero-order valence-electron chi connectivity index (χ0n) is 10.2. The Balaban J connectivity index is 1.83. The molecule has 0 unspecified atom stereocenters. The molecule has 2 N–H and O–H groups in total. The first-order chi connectivity index (χ1) is 9.52. The van der Waals surface area contributed by atoms with Gasteiger partial charge in [-0.3, -0.25) is 0 Å². The maximum atomic E-state index is 12.4.